The van der Waals surface area contributed by atoms with Crippen molar-refractivity contribution in [1.82, 2.24) is 5.32 Å². The van der Waals surface area contributed by atoms with Crippen molar-refractivity contribution in [2.45, 2.75) is 13.0 Å². The standard InChI is InChI=1S/C15H17NO2S/c1-2-18-11-14(17)16-15(13-9-6-10-19-13)12-7-4-3-5-8-12/h3-10,15H,2,11H2,1H3,(H,16,17). The average molecular weight is 275 g/mol. The second kappa shape index (κ2) is 7.07. The van der Waals surface area contributed by atoms with E-state index in [0.717, 1.165) is 10.4 Å². The number of hydrogen-bond donors (Lipinski definition) is 1. The molecule has 0 radical (unpaired) electrons. The van der Waals surface area contributed by atoms with E-state index in [1.165, 1.54) is 0 Å². The first-order chi connectivity index (χ1) is 9.31. The summed E-state index contributed by atoms with van der Waals surface area (Å²) in [6, 6.07) is 13.9. The molecule has 0 saturated heterocycles. The lowest BCUT2D eigenvalue weighted by Crippen LogP contribution is -2.31. The maximum Gasteiger partial charge on any atom is 0.246 e. The van der Waals surface area contributed by atoms with Crippen LogP contribution in [-0.2, 0) is 9.53 Å². The van der Waals surface area contributed by atoms with Crippen LogP contribution in [0.1, 0.15) is 23.4 Å². The zero-order valence-electron chi connectivity index (χ0n) is 10.8. The molecule has 3 nitrogen and oxygen atoms in total. The van der Waals surface area contributed by atoms with E-state index < -0.39 is 0 Å². The normalized spacial score (nSPS) is 12.1. The molecule has 0 saturated carbocycles. The summed E-state index contributed by atoms with van der Waals surface area (Å²) < 4.78 is 5.14. The van der Waals surface area contributed by atoms with Gasteiger partial charge in [0.1, 0.15) is 6.61 Å². The van der Waals surface area contributed by atoms with Crippen LogP contribution in [0.15, 0.2) is 47.8 Å². The molecule has 19 heavy (non-hydrogen) atoms. The fourth-order valence-corrected chi connectivity index (χ4v) is 2.62. The van der Waals surface area contributed by atoms with Crippen LogP contribution in [0.3, 0.4) is 0 Å². The first kappa shape index (κ1) is 13.8. The van der Waals surface area contributed by atoms with Crippen LogP contribution >= 0.6 is 11.3 Å². The predicted octanol–water partition coefficient (Wildman–Crippen LogP) is 2.99. The molecule has 4 heteroatoms. The predicted molar refractivity (Wildman–Crippen MR) is 77.2 cm³/mol. The Morgan fingerprint density at radius 3 is 2.68 bits per heavy atom. The lowest BCUT2D eigenvalue weighted by atomic mass is 10.1. The van der Waals surface area contributed by atoms with E-state index in [-0.39, 0.29) is 18.6 Å². The Morgan fingerprint density at radius 2 is 2.05 bits per heavy atom. The summed E-state index contributed by atoms with van der Waals surface area (Å²) in [4.78, 5) is 13.0. The Labute approximate surface area is 117 Å². The molecule has 0 aliphatic heterocycles. The molecule has 0 spiro atoms. The van der Waals surface area contributed by atoms with Gasteiger partial charge in [-0.3, -0.25) is 4.79 Å². The molecule has 0 aliphatic carbocycles. The van der Waals surface area contributed by atoms with Crippen LogP contribution in [0, 0.1) is 0 Å². The van der Waals surface area contributed by atoms with Gasteiger partial charge in [-0.2, -0.15) is 0 Å². The first-order valence-corrected chi connectivity index (χ1v) is 7.14. The SMILES string of the molecule is CCOCC(=O)NC(c1ccccc1)c1cccs1. The quantitative estimate of drug-likeness (QED) is 0.880. The first-order valence-electron chi connectivity index (χ1n) is 6.26. The summed E-state index contributed by atoms with van der Waals surface area (Å²) in [6.07, 6.45) is 0. The van der Waals surface area contributed by atoms with Gasteiger partial charge in [-0.05, 0) is 23.9 Å². The lowest BCUT2D eigenvalue weighted by molar-refractivity contribution is -0.126. The Kier molecular flexibility index (Phi) is 5.12. The van der Waals surface area contributed by atoms with Gasteiger partial charge in [-0.1, -0.05) is 36.4 Å². The zero-order valence-corrected chi connectivity index (χ0v) is 11.7. The molecule has 1 heterocycles. The van der Waals surface area contributed by atoms with Crippen LogP contribution in [0.4, 0.5) is 0 Å². The maximum atomic E-state index is 11.8. The van der Waals surface area contributed by atoms with Crippen LogP contribution in [0.25, 0.3) is 0 Å². The molecule has 1 amide bonds. The summed E-state index contributed by atoms with van der Waals surface area (Å²) in [5.74, 6) is -0.0934. The lowest BCUT2D eigenvalue weighted by Gasteiger charge is -2.18. The summed E-state index contributed by atoms with van der Waals surface area (Å²) >= 11 is 1.64. The van der Waals surface area contributed by atoms with Crippen molar-refractivity contribution >= 4 is 17.2 Å². The zero-order chi connectivity index (χ0) is 13.5. The van der Waals surface area contributed by atoms with Crippen molar-refractivity contribution in [1.29, 1.82) is 0 Å². The van der Waals surface area contributed by atoms with Crippen molar-refractivity contribution in [2.75, 3.05) is 13.2 Å². The van der Waals surface area contributed by atoms with Crippen molar-refractivity contribution in [3.8, 4) is 0 Å². The smallest absolute Gasteiger partial charge is 0.246 e. The van der Waals surface area contributed by atoms with Crippen LogP contribution < -0.4 is 5.32 Å². The fourth-order valence-electron chi connectivity index (χ4n) is 1.82. The van der Waals surface area contributed by atoms with Crippen LogP contribution in [0.5, 0.6) is 0 Å². The Hall–Kier alpha value is -1.65. The number of amides is 1. The van der Waals surface area contributed by atoms with E-state index in [1.807, 2.05) is 54.8 Å². The minimum Gasteiger partial charge on any atom is -0.372 e. The third-order valence-corrected chi connectivity index (χ3v) is 3.64. The van der Waals surface area contributed by atoms with Crippen molar-refractivity contribution in [3.05, 3.63) is 58.3 Å². The number of ether oxygens (including phenoxy) is 1. The van der Waals surface area contributed by atoms with Crippen LogP contribution in [0.2, 0.25) is 0 Å². The number of benzene rings is 1. The van der Waals surface area contributed by atoms with Gasteiger partial charge in [0.05, 0.1) is 6.04 Å². The number of rotatable bonds is 6. The van der Waals surface area contributed by atoms with E-state index >= 15 is 0 Å². The van der Waals surface area contributed by atoms with E-state index in [0.29, 0.717) is 6.61 Å². The molecule has 0 fully saturated rings. The summed E-state index contributed by atoms with van der Waals surface area (Å²) in [6.45, 7) is 2.52. The number of carbonyl (C=O) groups excluding carboxylic acids is 1. The van der Waals surface area contributed by atoms with Crippen molar-refractivity contribution in [2.24, 2.45) is 0 Å². The Balaban J connectivity index is 2.14. The molecule has 1 aromatic carbocycles. The highest BCUT2D eigenvalue weighted by Gasteiger charge is 2.17. The summed E-state index contributed by atoms with van der Waals surface area (Å²) in [7, 11) is 0. The monoisotopic (exact) mass is 275 g/mol. The number of nitrogens with one attached hydrogen (secondary N) is 1. The molecule has 0 bridgehead atoms. The molecule has 1 atom stereocenters. The highest BCUT2D eigenvalue weighted by atomic mass is 32.1. The van der Waals surface area contributed by atoms with Gasteiger partial charge in [-0.25, -0.2) is 0 Å². The summed E-state index contributed by atoms with van der Waals surface area (Å²) in [5, 5.41) is 5.03. The fraction of sp³-hybridized carbons (Fsp3) is 0.267. The molecule has 100 valence electrons. The van der Waals surface area contributed by atoms with Gasteiger partial charge in [-0.15, -0.1) is 11.3 Å². The van der Waals surface area contributed by atoms with Crippen molar-refractivity contribution in [3.63, 3.8) is 0 Å². The van der Waals surface area contributed by atoms with Gasteiger partial charge < -0.3 is 10.1 Å². The number of carbonyl (C=O) groups is 1. The van der Waals surface area contributed by atoms with E-state index in [2.05, 4.69) is 5.32 Å². The van der Waals surface area contributed by atoms with Gasteiger partial charge in [0.25, 0.3) is 0 Å². The minimum absolute atomic E-state index is 0.0934. The maximum absolute atomic E-state index is 11.8. The highest BCUT2D eigenvalue weighted by molar-refractivity contribution is 7.10. The molecule has 0 aliphatic rings. The number of thiophene rings is 1. The molecule has 1 N–H and O–H groups in total. The summed E-state index contributed by atoms with van der Waals surface area (Å²) in [5.41, 5.74) is 1.08. The van der Waals surface area contributed by atoms with Gasteiger partial charge in [0.15, 0.2) is 0 Å². The molecule has 2 rings (SSSR count). The minimum atomic E-state index is -0.103. The molecular formula is C15H17NO2S. The van der Waals surface area contributed by atoms with Gasteiger partial charge >= 0.3 is 0 Å². The van der Waals surface area contributed by atoms with Crippen molar-refractivity contribution < 1.29 is 9.53 Å². The molecular weight excluding hydrogens is 258 g/mol. The third kappa shape index (κ3) is 3.91. The second-order valence-electron chi connectivity index (χ2n) is 4.06. The molecule has 1 aromatic heterocycles. The van der Waals surface area contributed by atoms with Gasteiger partial charge in [0, 0.05) is 11.5 Å². The third-order valence-electron chi connectivity index (χ3n) is 2.70. The second-order valence-corrected chi connectivity index (χ2v) is 5.04. The Morgan fingerprint density at radius 1 is 1.26 bits per heavy atom. The van der Waals surface area contributed by atoms with E-state index in [4.69, 9.17) is 4.74 Å². The topological polar surface area (TPSA) is 38.3 Å². The molecule has 2 aromatic rings. The Bertz CT molecular complexity index is 496. The largest absolute Gasteiger partial charge is 0.372 e. The average Bonchev–Trinajstić information content (AvgIpc) is 2.97. The van der Waals surface area contributed by atoms with E-state index in [9.17, 15) is 4.79 Å². The van der Waals surface area contributed by atoms with E-state index in [1.54, 1.807) is 11.3 Å². The highest BCUT2D eigenvalue weighted by Crippen LogP contribution is 2.25. The van der Waals surface area contributed by atoms with Gasteiger partial charge in [0.2, 0.25) is 5.91 Å². The molecule has 1 unspecified atom stereocenters. The van der Waals surface area contributed by atoms with Crippen LogP contribution in [-0.4, -0.2) is 19.1 Å². The number of hydrogen-bond acceptors (Lipinski definition) is 3.